The molecule has 0 N–H and O–H groups in total. The molecule has 102 valence electrons. The molecule has 4 heteroatoms. The van der Waals surface area contributed by atoms with E-state index in [0.29, 0.717) is 0 Å². The number of anilines is 1. The van der Waals surface area contributed by atoms with Crippen molar-refractivity contribution < 1.29 is 4.79 Å². The number of hydrogen-bond acceptors (Lipinski definition) is 2. The fourth-order valence-electron chi connectivity index (χ4n) is 2.33. The van der Waals surface area contributed by atoms with Gasteiger partial charge in [-0.2, -0.15) is 0 Å². The Morgan fingerprint density at radius 1 is 1.37 bits per heavy atom. The van der Waals surface area contributed by atoms with Crippen molar-refractivity contribution in [1.29, 1.82) is 0 Å². The normalized spacial score (nSPS) is 15.5. The van der Waals surface area contributed by atoms with Crippen LogP contribution in [0.3, 0.4) is 0 Å². The molecular weight excluding hydrogens is 260 g/mol. The third-order valence-electron chi connectivity index (χ3n) is 3.55. The molecule has 0 unspecified atom stereocenters. The second-order valence-corrected chi connectivity index (χ2v) is 5.05. The number of nitrogens with zero attached hydrogens (tertiary/aromatic N) is 2. The Balaban J connectivity index is 2.03. The number of hydrogen-bond donors (Lipinski definition) is 0. The fourth-order valence-corrected chi connectivity index (χ4v) is 2.64. The molecule has 1 fully saturated rings. The van der Waals surface area contributed by atoms with Gasteiger partial charge >= 0.3 is 0 Å². The number of benzene rings is 1. The zero-order chi connectivity index (χ0) is 13.8. The first kappa shape index (κ1) is 13.9. The lowest BCUT2D eigenvalue weighted by atomic mass is 10.1. The highest BCUT2D eigenvalue weighted by molar-refractivity contribution is 6.31. The van der Waals surface area contributed by atoms with Gasteiger partial charge in [-0.3, -0.25) is 4.79 Å². The van der Waals surface area contributed by atoms with Crippen molar-refractivity contribution in [1.82, 2.24) is 4.90 Å². The Morgan fingerprint density at radius 3 is 2.58 bits per heavy atom. The first-order valence-electron chi connectivity index (χ1n) is 6.60. The van der Waals surface area contributed by atoms with E-state index in [2.05, 4.69) is 30.5 Å². The van der Waals surface area contributed by atoms with E-state index in [-0.39, 0.29) is 5.91 Å². The van der Waals surface area contributed by atoms with Crippen LogP contribution in [0.5, 0.6) is 0 Å². The molecule has 1 aliphatic rings. The van der Waals surface area contributed by atoms with Gasteiger partial charge in [0.2, 0.25) is 5.91 Å². The maximum Gasteiger partial charge on any atom is 0.246 e. The molecule has 3 nitrogen and oxygen atoms in total. The summed E-state index contributed by atoms with van der Waals surface area (Å²) in [5, 5.41) is 0.824. The van der Waals surface area contributed by atoms with Crippen LogP contribution < -0.4 is 4.90 Å². The van der Waals surface area contributed by atoms with Crippen molar-refractivity contribution >= 4 is 23.2 Å². The summed E-state index contributed by atoms with van der Waals surface area (Å²) in [5.41, 5.74) is 2.30. The summed E-state index contributed by atoms with van der Waals surface area (Å²) in [7, 11) is 0. The monoisotopic (exact) mass is 278 g/mol. The molecule has 1 aromatic rings. The standard InChI is InChI=1S/C15H19ClN2O/c1-3-12-5-6-13(11-14(12)16)17-7-9-18(10-8-17)15(19)4-2/h4-6,11H,2-3,7-10H2,1H3. The van der Waals surface area contributed by atoms with Gasteiger partial charge in [-0.25, -0.2) is 0 Å². The van der Waals surface area contributed by atoms with E-state index in [1.807, 2.05) is 11.0 Å². The SMILES string of the molecule is C=CC(=O)N1CCN(c2ccc(CC)c(Cl)c2)CC1. The molecule has 1 heterocycles. The molecule has 1 aromatic carbocycles. The molecule has 0 atom stereocenters. The van der Waals surface area contributed by atoms with Crippen LogP contribution in [0.25, 0.3) is 0 Å². The maximum atomic E-state index is 11.5. The minimum Gasteiger partial charge on any atom is -0.368 e. The van der Waals surface area contributed by atoms with Crippen LogP contribution in [0, 0.1) is 0 Å². The van der Waals surface area contributed by atoms with Crippen molar-refractivity contribution in [3.63, 3.8) is 0 Å². The number of piperazine rings is 1. The van der Waals surface area contributed by atoms with Gasteiger partial charge in [-0.1, -0.05) is 31.2 Å². The van der Waals surface area contributed by atoms with Gasteiger partial charge in [0.05, 0.1) is 0 Å². The summed E-state index contributed by atoms with van der Waals surface area (Å²) in [5.74, 6) is 0.0130. The van der Waals surface area contributed by atoms with Crippen molar-refractivity contribution in [2.24, 2.45) is 0 Å². The average molecular weight is 279 g/mol. The lowest BCUT2D eigenvalue weighted by Crippen LogP contribution is -2.48. The van der Waals surface area contributed by atoms with Crippen LogP contribution in [0.4, 0.5) is 5.69 Å². The summed E-state index contributed by atoms with van der Waals surface area (Å²) < 4.78 is 0. The van der Waals surface area contributed by atoms with Gasteiger partial charge in [0.1, 0.15) is 0 Å². The predicted molar refractivity (Wildman–Crippen MR) is 79.8 cm³/mol. The zero-order valence-electron chi connectivity index (χ0n) is 11.2. The second-order valence-electron chi connectivity index (χ2n) is 4.65. The summed E-state index contributed by atoms with van der Waals surface area (Å²) in [6, 6.07) is 6.21. The Morgan fingerprint density at radius 2 is 2.05 bits per heavy atom. The molecular formula is C15H19ClN2O. The third kappa shape index (κ3) is 3.10. The Bertz CT molecular complexity index is 479. The summed E-state index contributed by atoms with van der Waals surface area (Å²) >= 11 is 6.25. The fraction of sp³-hybridized carbons (Fsp3) is 0.400. The lowest BCUT2D eigenvalue weighted by Gasteiger charge is -2.35. The van der Waals surface area contributed by atoms with Gasteiger partial charge in [-0.15, -0.1) is 0 Å². The molecule has 1 saturated heterocycles. The van der Waals surface area contributed by atoms with E-state index in [0.717, 1.165) is 43.3 Å². The molecule has 0 saturated carbocycles. The molecule has 0 bridgehead atoms. The van der Waals surface area contributed by atoms with Gasteiger partial charge < -0.3 is 9.80 Å². The first-order chi connectivity index (χ1) is 9.15. The first-order valence-corrected chi connectivity index (χ1v) is 6.98. The average Bonchev–Trinajstić information content (AvgIpc) is 2.46. The molecule has 0 aromatic heterocycles. The van der Waals surface area contributed by atoms with Crippen LogP contribution in [0.1, 0.15) is 12.5 Å². The van der Waals surface area contributed by atoms with Crippen molar-refractivity contribution in [2.45, 2.75) is 13.3 Å². The van der Waals surface area contributed by atoms with Crippen LogP contribution in [0.2, 0.25) is 5.02 Å². The highest BCUT2D eigenvalue weighted by Gasteiger charge is 2.19. The van der Waals surface area contributed by atoms with E-state index in [4.69, 9.17) is 11.6 Å². The Hall–Kier alpha value is -1.48. The number of rotatable bonds is 3. The topological polar surface area (TPSA) is 23.6 Å². The van der Waals surface area contributed by atoms with Crippen molar-refractivity contribution in [2.75, 3.05) is 31.1 Å². The molecule has 0 spiro atoms. The molecule has 2 rings (SSSR count). The number of carbonyl (C=O) groups is 1. The van der Waals surface area contributed by atoms with E-state index < -0.39 is 0 Å². The van der Waals surface area contributed by atoms with Gasteiger partial charge in [0.15, 0.2) is 0 Å². The predicted octanol–water partition coefficient (Wildman–Crippen LogP) is 2.74. The number of carbonyl (C=O) groups excluding carboxylic acids is 1. The summed E-state index contributed by atoms with van der Waals surface area (Å²) in [4.78, 5) is 15.6. The van der Waals surface area contributed by atoms with E-state index >= 15 is 0 Å². The molecule has 1 aliphatic heterocycles. The van der Waals surface area contributed by atoms with Crippen LogP contribution >= 0.6 is 11.6 Å². The highest BCUT2D eigenvalue weighted by atomic mass is 35.5. The zero-order valence-corrected chi connectivity index (χ0v) is 12.0. The third-order valence-corrected chi connectivity index (χ3v) is 3.90. The highest BCUT2D eigenvalue weighted by Crippen LogP contribution is 2.25. The lowest BCUT2D eigenvalue weighted by molar-refractivity contribution is -0.126. The van der Waals surface area contributed by atoms with Crippen LogP contribution in [-0.4, -0.2) is 37.0 Å². The van der Waals surface area contributed by atoms with E-state index in [1.165, 1.54) is 11.6 Å². The van der Waals surface area contributed by atoms with Crippen LogP contribution in [-0.2, 0) is 11.2 Å². The van der Waals surface area contributed by atoms with E-state index in [1.54, 1.807) is 0 Å². The molecule has 1 amide bonds. The minimum absolute atomic E-state index is 0.0130. The Labute approximate surface area is 119 Å². The molecule has 0 aliphatic carbocycles. The van der Waals surface area contributed by atoms with Crippen LogP contribution in [0.15, 0.2) is 30.9 Å². The van der Waals surface area contributed by atoms with Crippen molar-refractivity contribution in [3.8, 4) is 0 Å². The second kappa shape index (κ2) is 6.11. The smallest absolute Gasteiger partial charge is 0.246 e. The summed E-state index contributed by atoms with van der Waals surface area (Å²) in [6.45, 7) is 8.76. The Kier molecular flexibility index (Phi) is 4.48. The molecule has 19 heavy (non-hydrogen) atoms. The van der Waals surface area contributed by atoms with Gasteiger partial charge in [-0.05, 0) is 30.2 Å². The van der Waals surface area contributed by atoms with Gasteiger partial charge in [0.25, 0.3) is 0 Å². The number of amides is 1. The quantitative estimate of drug-likeness (QED) is 0.794. The summed E-state index contributed by atoms with van der Waals surface area (Å²) in [6.07, 6.45) is 2.32. The van der Waals surface area contributed by atoms with Crippen molar-refractivity contribution in [3.05, 3.63) is 41.4 Å². The maximum absolute atomic E-state index is 11.5. The largest absolute Gasteiger partial charge is 0.368 e. The van der Waals surface area contributed by atoms with E-state index in [9.17, 15) is 4.79 Å². The molecule has 0 radical (unpaired) electrons. The minimum atomic E-state index is 0.0130. The van der Waals surface area contributed by atoms with Gasteiger partial charge in [0, 0.05) is 36.9 Å². The number of aryl methyl sites for hydroxylation is 1. The number of halogens is 1.